The van der Waals surface area contributed by atoms with E-state index in [0.717, 1.165) is 37.5 Å². The van der Waals surface area contributed by atoms with E-state index in [0.29, 0.717) is 5.92 Å². The number of fused-ring (bicyclic) bond motifs is 1. The highest BCUT2D eigenvalue weighted by atomic mass is 16.3. The van der Waals surface area contributed by atoms with Crippen LogP contribution in [-0.2, 0) is 6.54 Å². The molecule has 0 amide bonds. The molecule has 108 valence electrons. The molecule has 0 aromatic carbocycles. The molecule has 1 fully saturated rings. The predicted octanol–water partition coefficient (Wildman–Crippen LogP) is 1.26. The molecular weight excluding hydrogens is 252 g/mol. The van der Waals surface area contributed by atoms with Gasteiger partial charge in [-0.05, 0) is 32.5 Å². The van der Waals surface area contributed by atoms with Crippen LogP contribution in [0.1, 0.15) is 19.0 Å². The molecule has 5 nitrogen and oxygen atoms in total. The summed E-state index contributed by atoms with van der Waals surface area (Å²) in [7, 11) is 1.95. The Hall–Kier alpha value is -1.59. The second kappa shape index (κ2) is 5.42. The third kappa shape index (κ3) is 2.27. The van der Waals surface area contributed by atoms with Crippen molar-refractivity contribution in [2.75, 3.05) is 25.0 Å². The van der Waals surface area contributed by atoms with Crippen LogP contribution in [0.4, 0.5) is 5.82 Å². The van der Waals surface area contributed by atoms with Gasteiger partial charge in [-0.1, -0.05) is 6.07 Å². The Morgan fingerprint density at radius 2 is 2.35 bits per heavy atom. The van der Waals surface area contributed by atoms with E-state index < -0.39 is 0 Å². The van der Waals surface area contributed by atoms with Crippen LogP contribution < -0.4 is 10.2 Å². The largest absolute Gasteiger partial charge is 0.393 e. The third-order valence-electron chi connectivity index (χ3n) is 4.16. The summed E-state index contributed by atoms with van der Waals surface area (Å²) in [5.74, 6) is 1.40. The van der Waals surface area contributed by atoms with Crippen molar-refractivity contribution in [1.82, 2.24) is 14.7 Å². The first-order chi connectivity index (χ1) is 9.70. The molecule has 0 bridgehead atoms. The molecule has 2 unspecified atom stereocenters. The Morgan fingerprint density at radius 3 is 3.05 bits per heavy atom. The summed E-state index contributed by atoms with van der Waals surface area (Å²) in [4.78, 5) is 7.08. The van der Waals surface area contributed by atoms with Crippen LogP contribution in [0.25, 0.3) is 5.65 Å². The Morgan fingerprint density at radius 1 is 1.50 bits per heavy atom. The first kappa shape index (κ1) is 13.4. The van der Waals surface area contributed by atoms with E-state index in [-0.39, 0.29) is 6.10 Å². The van der Waals surface area contributed by atoms with Crippen molar-refractivity contribution in [2.24, 2.45) is 5.92 Å². The Bertz CT molecular complexity index is 593. The van der Waals surface area contributed by atoms with Crippen LogP contribution in [0, 0.1) is 5.92 Å². The van der Waals surface area contributed by atoms with Crippen molar-refractivity contribution >= 4 is 11.5 Å². The summed E-state index contributed by atoms with van der Waals surface area (Å²) in [5, 5.41) is 13.0. The van der Waals surface area contributed by atoms with Crippen molar-refractivity contribution in [2.45, 2.75) is 26.0 Å². The lowest BCUT2D eigenvalue weighted by Crippen LogP contribution is -2.25. The lowest BCUT2D eigenvalue weighted by atomic mass is 10.0. The molecule has 0 spiro atoms. The monoisotopic (exact) mass is 274 g/mol. The molecule has 2 aromatic heterocycles. The van der Waals surface area contributed by atoms with E-state index in [9.17, 15) is 5.11 Å². The highest BCUT2D eigenvalue weighted by molar-refractivity contribution is 5.56. The van der Waals surface area contributed by atoms with Gasteiger partial charge in [-0.15, -0.1) is 0 Å². The quantitative estimate of drug-likeness (QED) is 0.881. The smallest absolute Gasteiger partial charge is 0.152 e. The van der Waals surface area contributed by atoms with Gasteiger partial charge in [0, 0.05) is 31.7 Å². The van der Waals surface area contributed by atoms with E-state index >= 15 is 0 Å². The average molecular weight is 274 g/mol. The molecule has 3 heterocycles. The number of pyridine rings is 1. The van der Waals surface area contributed by atoms with Gasteiger partial charge in [0.2, 0.25) is 0 Å². The highest BCUT2D eigenvalue weighted by Gasteiger charge is 2.29. The maximum atomic E-state index is 9.76. The predicted molar refractivity (Wildman–Crippen MR) is 80.0 cm³/mol. The molecule has 20 heavy (non-hydrogen) atoms. The average Bonchev–Trinajstić information content (AvgIpc) is 3.04. The first-order valence-corrected chi connectivity index (χ1v) is 7.24. The third-order valence-corrected chi connectivity index (χ3v) is 4.16. The van der Waals surface area contributed by atoms with Gasteiger partial charge in [-0.3, -0.25) is 0 Å². The Labute approximate surface area is 119 Å². The SMILES string of the molecule is CNCc1c(N2CCC(C(C)O)C2)nc2ccccn12. The minimum Gasteiger partial charge on any atom is -0.393 e. The second-order valence-electron chi connectivity index (χ2n) is 5.58. The lowest BCUT2D eigenvalue weighted by Gasteiger charge is -2.18. The fourth-order valence-corrected chi connectivity index (χ4v) is 2.99. The molecule has 0 saturated carbocycles. The minimum absolute atomic E-state index is 0.246. The molecule has 3 rings (SSSR count). The number of nitrogens with zero attached hydrogens (tertiary/aromatic N) is 3. The Kier molecular flexibility index (Phi) is 3.63. The van der Waals surface area contributed by atoms with Crippen molar-refractivity contribution in [1.29, 1.82) is 0 Å². The van der Waals surface area contributed by atoms with Crippen molar-refractivity contribution in [3.63, 3.8) is 0 Å². The van der Waals surface area contributed by atoms with E-state index in [1.165, 1.54) is 5.69 Å². The van der Waals surface area contributed by atoms with Gasteiger partial charge in [-0.2, -0.15) is 0 Å². The summed E-state index contributed by atoms with van der Waals surface area (Å²) < 4.78 is 2.14. The number of anilines is 1. The topological polar surface area (TPSA) is 52.8 Å². The standard InChI is InChI=1S/C15H22N4O/c1-11(20)12-6-8-18(10-12)15-13(9-16-2)19-7-4-3-5-14(19)17-15/h3-5,7,11-12,16,20H,6,8-10H2,1-2H3. The molecule has 1 aliphatic heterocycles. The van der Waals surface area contributed by atoms with Crippen LogP contribution in [-0.4, -0.2) is 40.7 Å². The molecule has 2 N–H and O–H groups in total. The van der Waals surface area contributed by atoms with Gasteiger partial charge in [0.05, 0.1) is 11.8 Å². The van der Waals surface area contributed by atoms with Crippen LogP contribution in [0.3, 0.4) is 0 Å². The number of aromatic nitrogens is 2. The fraction of sp³-hybridized carbons (Fsp3) is 0.533. The Balaban J connectivity index is 1.96. The van der Waals surface area contributed by atoms with Crippen LogP contribution >= 0.6 is 0 Å². The molecule has 5 heteroatoms. The van der Waals surface area contributed by atoms with Crippen molar-refractivity contribution in [3.8, 4) is 0 Å². The number of rotatable bonds is 4. The number of imidazole rings is 1. The zero-order valence-electron chi connectivity index (χ0n) is 12.1. The van der Waals surface area contributed by atoms with Gasteiger partial charge < -0.3 is 19.7 Å². The van der Waals surface area contributed by atoms with Crippen molar-refractivity contribution in [3.05, 3.63) is 30.1 Å². The van der Waals surface area contributed by atoms with Gasteiger partial charge in [0.25, 0.3) is 0 Å². The van der Waals surface area contributed by atoms with E-state index in [4.69, 9.17) is 4.98 Å². The minimum atomic E-state index is -0.246. The molecule has 2 aromatic rings. The molecule has 2 atom stereocenters. The van der Waals surface area contributed by atoms with Crippen LogP contribution in [0.2, 0.25) is 0 Å². The summed E-state index contributed by atoms with van der Waals surface area (Å²) in [6.07, 6.45) is 2.84. The zero-order valence-corrected chi connectivity index (χ0v) is 12.1. The first-order valence-electron chi connectivity index (χ1n) is 7.24. The molecule has 1 aliphatic rings. The number of aliphatic hydroxyl groups excluding tert-OH is 1. The molecule has 1 saturated heterocycles. The number of nitrogens with one attached hydrogen (secondary N) is 1. The highest BCUT2D eigenvalue weighted by Crippen LogP contribution is 2.28. The van der Waals surface area contributed by atoms with Gasteiger partial charge in [0.15, 0.2) is 5.82 Å². The van der Waals surface area contributed by atoms with Gasteiger partial charge >= 0.3 is 0 Å². The number of hydrogen-bond donors (Lipinski definition) is 2. The van der Waals surface area contributed by atoms with Gasteiger partial charge in [-0.25, -0.2) is 4.98 Å². The lowest BCUT2D eigenvalue weighted by molar-refractivity contribution is 0.136. The maximum Gasteiger partial charge on any atom is 0.152 e. The van der Waals surface area contributed by atoms with Crippen molar-refractivity contribution < 1.29 is 5.11 Å². The van der Waals surface area contributed by atoms with Crippen LogP contribution in [0.5, 0.6) is 0 Å². The summed E-state index contributed by atoms with van der Waals surface area (Å²) >= 11 is 0. The van der Waals surface area contributed by atoms with Crippen LogP contribution in [0.15, 0.2) is 24.4 Å². The fourth-order valence-electron chi connectivity index (χ4n) is 2.99. The molecule has 0 radical (unpaired) electrons. The van der Waals surface area contributed by atoms with E-state index in [2.05, 4.69) is 20.8 Å². The summed E-state index contributed by atoms with van der Waals surface area (Å²) in [5.41, 5.74) is 2.17. The molecule has 0 aliphatic carbocycles. The maximum absolute atomic E-state index is 9.76. The van der Waals surface area contributed by atoms with Gasteiger partial charge in [0.1, 0.15) is 5.65 Å². The molecular formula is C15H22N4O. The number of aliphatic hydroxyl groups is 1. The zero-order chi connectivity index (χ0) is 14.1. The normalized spacial score (nSPS) is 20.8. The van der Waals surface area contributed by atoms with E-state index in [1.807, 2.05) is 32.2 Å². The summed E-state index contributed by atoms with van der Waals surface area (Å²) in [6, 6.07) is 6.07. The second-order valence-corrected chi connectivity index (χ2v) is 5.58. The number of hydrogen-bond acceptors (Lipinski definition) is 4. The summed E-state index contributed by atoms with van der Waals surface area (Å²) in [6.45, 7) is 4.52. The van der Waals surface area contributed by atoms with E-state index in [1.54, 1.807) is 0 Å².